The fourth-order valence-electron chi connectivity index (χ4n) is 1.65. The molecule has 0 bridgehead atoms. The zero-order chi connectivity index (χ0) is 8.97. The zero-order valence-corrected chi connectivity index (χ0v) is 7.71. The van der Waals surface area contributed by atoms with Gasteiger partial charge in [0.25, 0.3) is 0 Å². The first-order valence-electron chi connectivity index (χ1n) is 4.37. The van der Waals surface area contributed by atoms with Gasteiger partial charge in [0.1, 0.15) is 0 Å². The molecule has 0 unspecified atom stereocenters. The number of aromatic nitrogens is 2. The predicted octanol–water partition coefficient (Wildman–Crippen LogP) is 2.10. The lowest BCUT2D eigenvalue weighted by molar-refractivity contribution is 0.626. The minimum atomic E-state index is 1.23. The SMILES string of the molecule is C=C.Cn1ncc2c1CCCC2. The molecule has 0 amide bonds. The van der Waals surface area contributed by atoms with Gasteiger partial charge in [0.05, 0.1) is 6.20 Å². The first-order valence-corrected chi connectivity index (χ1v) is 4.37. The Labute approximate surface area is 73.9 Å². The van der Waals surface area contributed by atoms with Crippen molar-refractivity contribution in [3.05, 3.63) is 30.6 Å². The summed E-state index contributed by atoms with van der Waals surface area (Å²) in [5.74, 6) is 0. The highest BCUT2D eigenvalue weighted by molar-refractivity contribution is 5.19. The number of hydrogen-bond donors (Lipinski definition) is 0. The number of fused-ring (bicyclic) bond motifs is 1. The molecule has 2 rings (SSSR count). The van der Waals surface area contributed by atoms with Gasteiger partial charge in [0.15, 0.2) is 0 Å². The third kappa shape index (κ3) is 1.58. The monoisotopic (exact) mass is 164 g/mol. The van der Waals surface area contributed by atoms with E-state index in [-0.39, 0.29) is 0 Å². The van der Waals surface area contributed by atoms with Crippen molar-refractivity contribution in [2.24, 2.45) is 7.05 Å². The second-order valence-corrected chi connectivity index (χ2v) is 2.95. The van der Waals surface area contributed by atoms with E-state index in [1.165, 1.54) is 36.9 Å². The van der Waals surface area contributed by atoms with Crippen LogP contribution in [0.15, 0.2) is 19.4 Å². The van der Waals surface area contributed by atoms with E-state index < -0.39 is 0 Å². The lowest BCUT2D eigenvalue weighted by Crippen LogP contribution is -2.05. The summed E-state index contributed by atoms with van der Waals surface area (Å²) in [6, 6.07) is 0. The van der Waals surface area contributed by atoms with E-state index in [4.69, 9.17) is 0 Å². The van der Waals surface area contributed by atoms with Crippen LogP contribution in [0, 0.1) is 0 Å². The smallest absolute Gasteiger partial charge is 0.0524 e. The van der Waals surface area contributed by atoms with Crippen LogP contribution in [0.25, 0.3) is 0 Å². The molecule has 1 aromatic heterocycles. The lowest BCUT2D eigenvalue weighted by atomic mass is 9.98. The molecule has 1 aliphatic rings. The first-order chi connectivity index (χ1) is 5.88. The molecule has 0 atom stereocenters. The summed E-state index contributed by atoms with van der Waals surface area (Å²) >= 11 is 0. The molecule has 2 heteroatoms. The van der Waals surface area contributed by atoms with E-state index in [0.29, 0.717) is 0 Å². The average molecular weight is 164 g/mol. The maximum Gasteiger partial charge on any atom is 0.0524 e. The van der Waals surface area contributed by atoms with Crippen LogP contribution in [-0.4, -0.2) is 9.78 Å². The fraction of sp³-hybridized carbons (Fsp3) is 0.500. The van der Waals surface area contributed by atoms with Gasteiger partial charge in [-0.3, -0.25) is 4.68 Å². The molecule has 0 fully saturated rings. The minimum absolute atomic E-state index is 1.23. The van der Waals surface area contributed by atoms with Crippen LogP contribution in [0.4, 0.5) is 0 Å². The zero-order valence-electron chi connectivity index (χ0n) is 7.71. The highest BCUT2D eigenvalue weighted by Crippen LogP contribution is 2.19. The van der Waals surface area contributed by atoms with Crippen molar-refractivity contribution < 1.29 is 0 Å². The van der Waals surface area contributed by atoms with E-state index in [9.17, 15) is 0 Å². The third-order valence-electron chi connectivity index (χ3n) is 2.26. The molecule has 66 valence electrons. The Hall–Kier alpha value is -1.05. The minimum Gasteiger partial charge on any atom is -0.272 e. The number of nitrogens with zero attached hydrogens (tertiary/aromatic N) is 2. The van der Waals surface area contributed by atoms with E-state index in [1.807, 2.05) is 17.9 Å². The number of aryl methyl sites for hydroxylation is 2. The molecule has 1 heterocycles. The average Bonchev–Trinajstić information content (AvgIpc) is 2.53. The molecule has 1 aromatic rings. The van der Waals surface area contributed by atoms with Crippen molar-refractivity contribution in [3.63, 3.8) is 0 Å². The Bertz CT molecular complexity index is 250. The van der Waals surface area contributed by atoms with Gasteiger partial charge in [0, 0.05) is 12.7 Å². The Morgan fingerprint density at radius 3 is 2.67 bits per heavy atom. The third-order valence-corrected chi connectivity index (χ3v) is 2.26. The summed E-state index contributed by atoms with van der Waals surface area (Å²) in [7, 11) is 2.03. The van der Waals surface area contributed by atoms with Crippen molar-refractivity contribution in [2.75, 3.05) is 0 Å². The van der Waals surface area contributed by atoms with Crippen LogP contribution < -0.4 is 0 Å². The van der Waals surface area contributed by atoms with Crippen molar-refractivity contribution in [3.8, 4) is 0 Å². The molecule has 0 spiro atoms. The van der Waals surface area contributed by atoms with Crippen molar-refractivity contribution >= 4 is 0 Å². The maximum absolute atomic E-state index is 4.21. The van der Waals surface area contributed by atoms with Gasteiger partial charge in [-0.05, 0) is 31.2 Å². The Kier molecular flexibility index (Phi) is 3.09. The number of rotatable bonds is 0. The Morgan fingerprint density at radius 2 is 2.00 bits per heavy atom. The van der Waals surface area contributed by atoms with Gasteiger partial charge in [0.2, 0.25) is 0 Å². The first kappa shape index (κ1) is 9.04. The quantitative estimate of drug-likeness (QED) is 0.537. The van der Waals surface area contributed by atoms with E-state index in [1.54, 1.807) is 0 Å². The summed E-state index contributed by atoms with van der Waals surface area (Å²) < 4.78 is 2.01. The second-order valence-electron chi connectivity index (χ2n) is 2.95. The van der Waals surface area contributed by atoms with Crippen LogP contribution in [0.5, 0.6) is 0 Å². The fourth-order valence-corrected chi connectivity index (χ4v) is 1.65. The molecule has 0 radical (unpaired) electrons. The molecule has 1 aliphatic carbocycles. The molecular formula is C10H16N2. The summed E-state index contributed by atoms with van der Waals surface area (Å²) in [6.07, 6.45) is 7.16. The van der Waals surface area contributed by atoms with Gasteiger partial charge in [-0.25, -0.2) is 0 Å². The van der Waals surface area contributed by atoms with Gasteiger partial charge in [-0.2, -0.15) is 5.10 Å². The van der Waals surface area contributed by atoms with Crippen LogP contribution >= 0.6 is 0 Å². The van der Waals surface area contributed by atoms with Gasteiger partial charge in [-0.15, -0.1) is 13.2 Å². The highest BCUT2D eigenvalue weighted by atomic mass is 15.3. The summed E-state index contributed by atoms with van der Waals surface area (Å²) in [5.41, 5.74) is 2.92. The topological polar surface area (TPSA) is 17.8 Å². The summed E-state index contributed by atoms with van der Waals surface area (Å²) in [4.78, 5) is 0. The van der Waals surface area contributed by atoms with Crippen LogP contribution in [0.3, 0.4) is 0 Å². The lowest BCUT2D eigenvalue weighted by Gasteiger charge is -2.10. The Balaban J connectivity index is 0.000000336. The predicted molar refractivity (Wildman–Crippen MR) is 51.1 cm³/mol. The van der Waals surface area contributed by atoms with Crippen molar-refractivity contribution in [1.82, 2.24) is 9.78 Å². The standard InChI is InChI=1S/C8H12N2.C2H4/c1-10-8-5-3-2-4-7(8)6-9-10;1-2/h6H,2-5H2,1H3;1-2H2. The molecule has 0 saturated carbocycles. The summed E-state index contributed by atoms with van der Waals surface area (Å²) in [6.45, 7) is 6.00. The normalized spacial score (nSPS) is 14.4. The number of hydrogen-bond acceptors (Lipinski definition) is 1. The van der Waals surface area contributed by atoms with Gasteiger partial charge < -0.3 is 0 Å². The molecule has 0 aliphatic heterocycles. The molecule has 2 nitrogen and oxygen atoms in total. The van der Waals surface area contributed by atoms with Crippen LogP contribution in [-0.2, 0) is 19.9 Å². The highest BCUT2D eigenvalue weighted by Gasteiger charge is 2.11. The van der Waals surface area contributed by atoms with E-state index >= 15 is 0 Å². The molecule has 12 heavy (non-hydrogen) atoms. The largest absolute Gasteiger partial charge is 0.272 e. The van der Waals surface area contributed by atoms with Crippen molar-refractivity contribution in [1.29, 1.82) is 0 Å². The molecule has 0 N–H and O–H groups in total. The summed E-state index contributed by atoms with van der Waals surface area (Å²) in [5, 5.41) is 4.21. The molecular weight excluding hydrogens is 148 g/mol. The van der Waals surface area contributed by atoms with Gasteiger partial charge >= 0.3 is 0 Å². The van der Waals surface area contributed by atoms with Crippen molar-refractivity contribution in [2.45, 2.75) is 25.7 Å². The Morgan fingerprint density at radius 1 is 1.33 bits per heavy atom. The molecule has 0 saturated heterocycles. The van der Waals surface area contributed by atoms with Crippen LogP contribution in [0.2, 0.25) is 0 Å². The van der Waals surface area contributed by atoms with E-state index in [0.717, 1.165) is 0 Å². The maximum atomic E-state index is 4.21. The van der Waals surface area contributed by atoms with Gasteiger partial charge in [-0.1, -0.05) is 0 Å². The second kappa shape index (κ2) is 4.10. The van der Waals surface area contributed by atoms with Crippen LogP contribution in [0.1, 0.15) is 24.1 Å². The molecule has 0 aromatic carbocycles. The van der Waals surface area contributed by atoms with E-state index in [2.05, 4.69) is 18.3 Å².